The maximum absolute atomic E-state index is 13.1. The molecular formula is C28H31N4O3-. The van der Waals surface area contributed by atoms with Crippen LogP contribution in [0.15, 0.2) is 52.9 Å². The van der Waals surface area contributed by atoms with E-state index in [1.165, 1.54) is 0 Å². The molecule has 4 aliphatic rings. The Morgan fingerprint density at radius 2 is 1.71 bits per heavy atom. The van der Waals surface area contributed by atoms with Gasteiger partial charge in [0.05, 0.1) is 0 Å². The van der Waals surface area contributed by atoms with E-state index in [-0.39, 0.29) is 17.9 Å². The van der Waals surface area contributed by atoms with Crippen molar-refractivity contribution in [1.29, 1.82) is 0 Å². The van der Waals surface area contributed by atoms with Gasteiger partial charge in [-0.05, 0) is 68.7 Å². The van der Waals surface area contributed by atoms with Crippen molar-refractivity contribution in [2.75, 3.05) is 45.8 Å². The van der Waals surface area contributed by atoms with Crippen molar-refractivity contribution >= 4 is 22.8 Å². The Kier molecular flexibility index (Phi) is 5.82. The maximum atomic E-state index is 13.1. The molecule has 5 heterocycles. The molecule has 7 rings (SSSR count). The minimum atomic E-state index is -0.153. The summed E-state index contributed by atoms with van der Waals surface area (Å²) in [5.41, 5.74) is 3.10. The summed E-state index contributed by atoms with van der Waals surface area (Å²) in [5, 5.41) is 4.10. The summed E-state index contributed by atoms with van der Waals surface area (Å²) < 4.78 is 6.13. The van der Waals surface area contributed by atoms with Crippen LogP contribution in [0.4, 0.5) is 0 Å². The van der Waals surface area contributed by atoms with Crippen LogP contribution in [0, 0.1) is 13.0 Å². The fraction of sp³-hybridized carbons (Fsp3) is 0.393. The summed E-state index contributed by atoms with van der Waals surface area (Å²) >= 11 is 0. The Morgan fingerprint density at radius 3 is 2.46 bits per heavy atom. The normalized spacial score (nSPS) is 24.6. The van der Waals surface area contributed by atoms with Crippen molar-refractivity contribution in [2.24, 2.45) is 5.92 Å². The monoisotopic (exact) mass is 471 g/mol. The zero-order valence-electron chi connectivity index (χ0n) is 19.9. The summed E-state index contributed by atoms with van der Waals surface area (Å²) in [6.07, 6.45) is 2.30. The molecule has 2 amide bonds. The molecule has 35 heavy (non-hydrogen) atoms. The molecule has 0 aliphatic carbocycles. The van der Waals surface area contributed by atoms with Crippen molar-refractivity contribution < 1.29 is 14.0 Å². The number of hydrogen-bond acceptors (Lipinski definition) is 5. The van der Waals surface area contributed by atoms with Crippen LogP contribution in [0.25, 0.3) is 22.1 Å². The molecule has 182 valence electrons. The lowest BCUT2D eigenvalue weighted by Gasteiger charge is -2.44. The summed E-state index contributed by atoms with van der Waals surface area (Å²) in [5.74, 6) is 0.770. The van der Waals surface area contributed by atoms with Gasteiger partial charge < -0.3 is 24.4 Å². The molecule has 0 saturated carbocycles. The van der Waals surface area contributed by atoms with Crippen LogP contribution < -0.4 is 5.32 Å². The predicted molar refractivity (Wildman–Crippen MR) is 135 cm³/mol. The number of amides is 2. The number of hydrogen-bond donors (Lipinski definition) is 1. The van der Waals surface area contributed by atoms with Gasteiger partial charge in [0.1, 0.15) is 5.58 Å². The maximum Gasteiger partial charge on any atom is 0.287 e. The third-order valence-corrected chi connectivity index (χ3v) is 7.82. The van der Waals surface area contributed by atoms with Crippen LogP contribution >= 0.6 is 0 Å². The smallest absolute Gasteiger partial charge is 0.287 e. The largest absolute Gasteiger partial charge is 0.456 e. The van der Waals surface area contributed by atoms with Gasteiger partial charge in [0.25, 0.3) is 11.8 Å². The third-order valence-electron chi connectivity index (χ3n) is 7.82. The van der Waals surface area contributed by atoms with E-state index in [0.29, 0.717) is 35.9 Å². The SMILES string of the molecule is [CH2-]N1CCN(C(=O)c2cccc(-c3cccc4cc(C(=O)N[C@H]5CN6CCC5CC6)oc34)c2)CC1. The first-order valence-electron chi connectivity index (χ1n) is 12.6. The molecule has 0 spiro atoms. The predicted octanol–water partition coefficient (Wildman–Crippen LogP) is 3.47. The first kappa shape index (κ1) is 22.3. The van der Waals surface area contributed by atoms with Gasteiger partial charge in [-0.3, -0.25) is 16.6 Å². The van der Waals surface area contributed by atoms with Gasteiger partial charge in [-0.25, -0.2) is 0 Å². The molecule has 4 fully saturated rings. The Hall–Kier alpha value is -3.16. The minimum absolute atomic E-state index is 0.0316. The zero-order chi connectivity index (χ0) is 23.9. The number of benzene rings is 2. The second-order valence-corrected chi connectivity index (χ2v) is 10.0. The van der Waals surface area contributed by atoms with Crippen LogP contribution in [-0.2, 0) is 0 Å². The molecule has 7 nitrogen and oxygen atoms in total. The third kappa shape index (κ3) is 4.34. The van der Waals surface area contributed by atoms with E-state index in [0.717, 1.165) is 62.1 Å². The van der Waals surface area contributed by atoms with E-state index in [9.17, 15) is 9.59 Å². The fourth-order valence-electron chi connectivity index (χ4n) is 5.72. The first-order valence-corrected chi connectivity index (χ1v) is 12.6. The molecule has 1 N–H and O–H groups in total. The fourth-order valence-corrected chi connectivity index (χ4v) is 5.72. The van der Waals surface area contributed by atoms with Crippen molar-refractivity contribution in [1.82, 2.24) is 20.0 Å². The molecular weight excluding hydrogens is 440 g/mol. The highest BCUT2D eigenvalue weighted by Crippen LogP contribution is 2.32. The highest BCUT2D eigenvalue weighted by molar-refractivity contribution is 6.01. The van der Waals surface area contributed by atoms with Crippen LogP contribution in [0.1, 0.15) is 33.8 Å². The van der Waals surface area contributed by atoms with Crippen LogP contribution in [-0.4, -0.2) is 78.4 Å². The van der Waals surface area contributed by atoms with Gasteiger partial charge >= 0.3 is 0 Å². The molecule has 1 aromatic heterocycles. The lowest BCUT2D eigenvalue weighted by Crippen LogP contribution is -2.57. The number of nitrogens with zero attached hydrogens (tertiary/aromatic N) is 3. The van der Waals surface area contributed by atoms with E-state index in [4.69, 9.17) is 4.42 Å². The van der Waals surface area contributed by atoms with Crippen LogP contribution in [0.5, 0.6) is 0 Å². The number of fused-ring (bicyclic) bond motifs is 4. The Balaban J connectivity index is 1.25. The summed E-state index contributed by atoms with van der Waals surface area (Å²) in [6.45, 7) is 6.11. The van der Waals surface area contributed by atoms with E-state index in [1.54, 1.807) is 0 Å². The van der Waals surface area contributed by atoms with Crippen molar-refractivity contribution in [2.45, 2.75) is 18.9 Å². The van der Waals surface area contributed by atoms with Gasteiger partial charge in [-0.2, -0.15) is 0 Å². The van der Waals surface area contributed by atoms with Gasteiger partial charge in [0.2, 0.25) is 0 Å². The van der Waals surface area contributed by atoms with Gasteiger partial charge in [-0.1, -0.05) is 30.3 Å². The summed E-state index contributed by atoms with van der Waals surface area (Å²) in [4.78, 5) is 32.5. The Labute approximate surface area is 205 Å². The number of para-hydroxylation sites is 1. The average molecular weight is 472 g/mol. The molecule has 4 aliphatic heterocycles. The lowest BCUT2D eigenvalue weighted by atomic mass is 9.84. The standard InChI is InChI=1S/C28H31N4O3/c1-30-12-14-32(15-13-30)28(34)22-6-2-4-20(16-22)23-7-3-5-21-17-25(35-26(21)23)27(33)29-24-18-31-10-8-19(24)9-11-31/h2-7,16-17,19,24H,1,8-15,18H2,(H,29,33)/q-1/t24-/m0/s1. The molecule has 2 bridgehead atoms. The molecule has 0 unspecified atom stereocenters. The summed E-state index contributed by atoms with van der Waals surface area (Å²) in [6, 6.07) is 15.6. The highest BCUT2D eigenvalue weighted by Gasteiger charge is 2.35. The molecule has 7 heteroatoms. The number of piperidine rings is 3. The van der Waals surface area contributed by atoms with E-state index in [1.807, 2.05) is 58.3 Å². The van der Waals surface area contributed by atoms with Crippen LogP contribution in [0.3, 0.4) is 0 Å². The van der Waals surface area contributed by atoms with E-state index >= 15 is 0 Å². The van der Waals surface area contributed by atoms with Crippen LogP contribution in [0.2, 0.25) is 0 Å². The zero-order valence-corrected chi connectivity index (χ0v) is 19.9. The molecule has 2 aromatic carbocycles. The number of furan rings is 1. The molecule has 0 radical (unpaired) electrons. The second-order valence-electron chi connectivity index (χ2n) is 10.0. The lowest BCUT2D eigenvalue weighted by molar-refractivity contribution is 0.0606. The number of carbonyl (C=O) groups is 2. The van der Waals surface area contributed by atoms with Gasteiger partial charge in [0, 0.05) is 42.2 Å². The number of carbonyl (C=O) groups excluding carboxylic acids is 2. The van der Waals surface area contributed by atoms with Crippen molar-refractivity contribution in [3.05, 3.63) is 66.9 Å². The average Bonchev–Trinajstić information content (AvgIpc) is 3.34. The van der Waals surface area contributed by atoms with E-state index < -0.39 is 0 Å². The number of nitrogens with one attached hydrogen (secondary N) is 1. The second kappa shape index (κ2) is 9.13. The van der Waals surface area contributed by atoms with Crippen molar-refractivity contribution in [3.63, 3.8) is 0 Å². The molecule has 3 aromatic rings. The van der Waals surface area contributed by atoms with Gasteiger partial charge in [0.15, 0.2) is 5.76 Å². The summed E-state index contributed by atoms with van der Waals surface area (Å²) in [7, 11) is 3.96. The highest BCUT2D eigenvalue weighted by atomic mass is 16.3. The quantitative estimate of drug-likeness (QED) is 0.590. The minimum Gasteiger partial charge on any atom is -0.456 e. The number of piperazine rings is 1. The van der Waals surface area contributed by atoms with Gasteiger partial charge in [-0.15, -0.1) is 0 Å². The topological polar surface area (TPSA) is 69.0 Å². The Morgan fingerprint density at radius 1 is 0.943 bits per heavy atom. The Bertz CT molecular complexity index is 1250. The van der Waals surface area contributed by atoms with Crippen molar-refractivity contribution in [3.8, 4) is 11.1 Å². The molecule has 4 saturated heterocycles. The number of rotatable bonds is 4. The first-order chi connectivity index (χ1) is 17.0. The molecule has 1 atom stereocenters. The van der Waals surface area contributed by atoms with E-state index in [2.05, 4.69) is 17.3 Å².